The highest BCUT2D eigenvalue weighted by molar-refractivity contribution is 14.0. The normalized spacial score (nSPS) is 15.7. The summed E-state index contributed by atoms with van der Waals surface area (Å²) < 4.78 is 5.58. The minimum Gasteiger partial charge on any atom is -0.382 e. The molecule has 158 valence electrons. The third-order valence-electron chi connectivity index (χ3n) is 5.22. The molecule has 7 nitrogen and oxygen atoms in total. The molecule has 1 aliphatic rings. The first kappa shape index (κ1) is 24.6. The number of nitro groups is 1. The summed E-state index contributed by atoms with van der Waals surface area (Å²) in [5.41, 5.74) is 0.983. The molecule has 0 unspecified atom stereocenters. The van der Waals surface area contributed by atoms with E-state index in [0.717, 1.165) is 32.7 Å². The molecule has 0 aromatic heterocycles. The van der Waals surface area contributed by atoms with Gasteiger partial charge in [0.25, 0.3) is 5.69 Å². The summed E-state index contributed by atoms with van der Waals surface area (Å²) in [6.07, 6.45) is 5.99. The molecular weight excluding hydrogens is 471 g/mol. The van der Waals surface area contributed by atoms with Crippen LogP contribution in [0.1, 0.15) is 51.5 Å². The molecule has 0 spiro atoms. The zero-order valence-corrected chi connectivity index (χ0v) is 19.2. The number of ether oxygens (including phenoxy) is 1. The summed E-state index contributed by atoms with van der Waals surface area (Å²) in [6.45, 7) is 7.46. The number of halogens is 1. The number of benzene rings is 1. The van der Waals surface area contributed by atoms with Gasteiger partial charge in [-0.1, -0.05) is 31.0 Å². The molecule has 0 aliphatic heterocycles. The third-order valence-corrected chi connectivity index (χ3v) is 5.22. The van der Waals surface area contributed by atoms with Gasteiger partial charge >= 0.3 is 0 Å². The number of hydrogen-bond donors (Lipinski definition) is 2. The standard InChI is InChI=1S/C20H32N4O3.HI/c1-3-21-19(22-15-17-9-5-6-10-18(17)24(25)26)23-16-20(11-7-8-12-20)13-14-27-4-2;/h5-6,9-10H,3-4,7-8,11-16H2,1-2H3,(H2,21,22,23);1H. The second kappa shape index (κ2) is 12.9. The highest BCUT2D eigenvalue weighted by Gasteiger charge is 2.33. The van der Waals surface area contributed by atoms with Crippen molar-refractivity contribution in [2.75, 3.05) is 26.3 Å². The molecule has 0 saturated heterocycles. The van der Waals surface area contributed by atoms with Crippen LogP contribution in [0.2, 0.25) is 0 Å². The Morgan fingerprint density at radius 1 is 1.25 bits per heavy atom. The highest BCUT2D eigenvalue weighted by atomic mass is 127. The lowest BCUT2D eigenvalue weighted by atomic mass is 9.83. The molecule has 1 fully saturated rings. The summed E-state index contributed by atoms with van der Waals surface area (Å²) in [5.74, 6) is 0.707. The number of para-hydroxylation sites is 1. The maximum absolute atomic E-state index is 11.2. The average Bonchev–Trinajstić information content (AvgIpc) is 3.13. The van der Waals surface area contributed by atoms with E-state index >= 15 is 0 Å². The van der Waals surface area contributed by atoms with E-state index < -0.39 is 0 Å². The summed E-state index contributed by atoms with van der Waals surface area (Å²) in [5, 5.41) is 17.9. The molecule has 1 saturated carbocycles. The number of aliphatic imine (C=N–C) groups is 1. The van der Waals surface area contributed by atoms with E-state index in [1.54, 1.807) is 18.2 Å². The van der Waals surface area contributed by atoms with E-state index in [1.807, 2.05) is 13.8 Å². The van der Waals surface area contributed by atoms with Crippen LogP contribution in [0.5, 0.6) is 0 Å². The van der Waals surface area contributed by atoms with E-state index in [1.165, 1.54) is 31.7 Å². The van der Waals surface area contributed by atoms with Crippen molar-refractivity contribution in [3.05, 3.63) is 39.9 Å². The predicted octanol–water partition coefficient (Wildman–Crippen LogP) is 4.25. The molecule has 0 heterocycles. The van der Waals surface area contributed by atoms with E-state index in [9.17, 15) is 10.1 Å². The van der Waals surface area contributed by atoms with Crippen molar-refractivity contribution >= 4 is 35.6 Å². The Morgan fingerprint density at radius 3 is 2.61 bits per heavy atom. The fraction of sp³-hybridized carbons (Fsp3) is 0.650. The van der Waals surface area contributed by atoms with E-state index in [4.69, 9.17) is 4.74 Å². The van der Waals surface area contributed by atoms with Gasteiger partial charge < -0.3 is 15.4 Å². The molecule has 8 heteroatoms. The molecule has 0 atom stereocenters. The van der Waals surface area contributed by atoms with Gasteiger partial charge in [0.15, 0.2) is 5.96 Å². The van der Waals surface area contributed by atoms with Crippen molar-refractivity contribution in [1.82, 2.24) is 10.6 Å². The van der Waals surface area contributed by atoms with Gasteiger partial charge in [-0.3, -0.25) is 10.1 Å². The van der Waals surface area contributed by atoms with Gasteiger partial charge in [-0.15, -0.1) is 24.0 Å². The number of rotatable bonds is 10. The third kappa shape index (κ3) is 7.54. The zero-order valence-electron chi connectivity index (χ0n) is 16.9. The lowest BCUT2D eigenvalue weighted by Gasteiger charge is -2.30. The van der Waals surface area contributed by atoms with Crippen LogP contribution in [0.25, 0.3) is 0 Å². The number of hydrogen-bond acceptors (Lipinski definition) is 4. The lowest BCUT2D eigenvalue weighted by Crippen LogP contribution is -2.43. The molecule has 1 aliphatic carbocycles. The van der Waals surface area contributed by atoms with Crippen LogP contribution in [-0.2, 0) is 11.3 Å². The Hall–Kier alpha value is -1.42. The fourth-order valence-corrected chi connectivity index (χ4v) is 3.67. The first-order valence-electron chi connectivity index (χ1n) is 9.92. The molecule has 28 heavy (non-hydrogen) atoms. The van der Waals surface area contributed by atoms with Gasteiger partial charge in [-0.05, 0) is 38.5 Å². The summed E-state index contributed by atoms with van der Waals surface area (Å²) in [7, 11) is 0. The molecular formula is C20H33IN4O3. The van der Waals surface area contributed by atoms with Crippen LogP contribution in [0.3, 0.4) is 0 Å². The maximum Gasteiger partial charge on any atom is 0.274 e. The molecule has 0 radical (unpaired) electrons. The fourth-order valence-electron chi connectivity index (χ4n) is 3.67. The number of nitrogens with one attached hydrogen (secondary N) is 2. The molecule has 2 rings (SSSR count). The first-order valence-corrected chi connectivity index (χ1v) is 9.92. The van der Waals surface area contributed by atoms with Crippen molar-refractivity contribution < 1.29 is 9.66 Å². The SMILES string of the molecule is CCNC(=NCc1ccccc1[N+](=O)[O-])NCC1(CCOCC)CCCC1.I. The van der Waals surface area contributed by atoms with Gasteiger partial charge in [-0.25, -0.2) is 4.99 Å². The van der Waals surface area contributed by atoms with E-state index in [0.29, 0.717) is 11.5 Å². The van der Waals surface area contributed by atoms with Gasteiger partial charge in [0.1, 0.15) is 0 Å². The van der Waals surface area contributed by atoms with Crippen LogP contribution in [-0.4, -0.2) is 37.2 Å². The van der Waals surface area contributed by atoms with Crippen molar-refractivity contribution in [3.8, 4) is 0 Å². The molecule has 1 aromatic carbocycles. The Labute approximate surface area is 184 Å². The Kier molecular flexibility index (Phi) is 11.4. The van der Waals surface area contributed by atoms with Crippen LogP contribution in [0.4, 0.5) is 5.69 Å². The number of nitro benzene ring substituents is 1. The van der Waals surface area contributed by atoms with Crippen LogP contribution >= 0.6 is 24.0 Å². The highest BCUT2D eigenvalue weighted by Crippen LogP contribution is 2.40. The largest absolute Gasteiger partial charge is 0.382 e. The van der Waals surface area contributed by atoms with Crippen LogP contribution < -0.4 is 10.6 Å². The summed E-state index contributed by atoms with van der Waals surface area (Å²) in [6, 6.07) is 6.76. The number of guanidine groups is 1. The van der Waals surface area contributed by atoms with Crippen molar-refractivity contribution in [2.45, 2.75) is 52.5 Å². The van der Waals surface area contributed by atoms with Gasteiger partial charge in [0, 0.05) is 32.4 Å². The van der Waals surface area contributed by atoms with Gasteiger partial charge in [-0.2, -0.15) is 0 Å². The smallest absolute Gasteiger partial charge is 0.274 e. The first-order chi connectivity index (χ1) is 13.1. The van der Waals surface area contributed by atoms with Gasteiger partial charge in [0.05, 0.1) is 17.0 Å². The second-order valence-corrected chi connectivity index (χ2v) is 7.09. The van der Waals surface area contributed by atoms with E-state index in [2.05, 4.69) is 15.6 Å². The summed E-state index contributed by atoms with van der Waals surface area (Å²) in [4.78, 5) is 15.4. The monoisotopic (exact) mass is 504 g/mol. The Balaban J connectivity index is 0.00000392. The van der Waals surface area contributed by atoms with Gasteiger partial charge in [0.2, 0.25) is 0 Å². The van der Waals surface area contributed by atoms with E-state index in [-0.39, 0.29) is 46.5 Å². The average molecular weight is 504 g/mol. The molecule has 0 bridgehead atoms. The van der Waals surface area contributed by atoms with Crippen molar-refractivity contribution in [2.24, 2.45) is 10.4 Å². The lowest BCUT2D eigenvalue weighted by molar-refractivity contribution is -0.385. The van der Waals surface area contributed by atoms with Crippen molar-refractivity contribution in [1.29, 1.82) is 0 Å². The Bertz CT molecular complexity index is 634. The molecule has 1 aromatic rings. The number of nitrogens with zero attached hydrogens (tertiary/aromatic N) is 2. The maximum atomic E-state index is 11.2. The topological polar surface area (TPSA) is 88.8 Å². The molecule has 2 N–H and O–H groups in total. The zero-order chi connectivity index (χ0) is 19.5. The van der Waals surface area contributed by atoms with Crippen LogP contribution in [0.15, 0.2) is 29.3 Å². The predicted molar refractivity (Wildman–Crippen MR) is 123 cm³/mol. The molecule has 0 amide bonds. The van der Waals surface area contributed by atoms with Crippen LogP contribution in [0, 0.1) is 15.5 Å². The summed E-state index contributed by atoms with van der Waals surface area (Å²) >= 11 is 0. The second-order valence-electron chi connectivity index (χ2n) is 7.09. The minimum atomic E-state index is -0.355. The Morgan fingerprint density at radius 2 is 1.96 bits per heavy atom. The van der Waals surface area contributed by atoms with Crippen molar-refractivity contribution in [3.63, 3.8) is 0 Å². The minimum absolute atomic E-state index is 0. The quantitative estimate of drug-likeness (QED) is 0.124.